The molecule has 4 nitrogen and oxygen atoms in total. The van der Waals surface area contributed by atoms with Crippen molar-refractivity contribution in [2.24, 2.45) is 16.6 Å². The van der Waals surface area contributed by atoms with Crippen LogP contribution < -0.4 is 5.73 Å². The van der Waals surface area contributed by atoms with Gasteiger partial charge in [-0.1, -0.05) is 13.0 Å². The first kappa shape index (κ1) is 18.2. The second-order valence-electron chi connectivity index (χ2n) is 5.45. The summed E-state index contributed by atoms with van der Waals surface area (Å²) >= 11 is 0. The highest BCUT2D eigenvalue weighted by molar-refractivity contribution is 14.0. The highest BCUT2D eigenvalue weighted by Crippen LogP contribution is 2.15. The van der Waals surface area contributed by atoms with Crippen LogP contribution in [-0.2, 0) is 13.2 Å². The van der Waals surface area contributed by atoms with E-state index in [0.717, 1.165) is 25.1 Å². The molecule has 1 aromatic carbocycles. The molecule has 1 aliphatic heterocycles. The van der Waals surface area contributed by atoms with Gasteiger partial charge in [-0.25, -0.2) is 9.38 Å². The lowest BCUT2D eigenvalue weighted by molar-refractivity contribution is 0.270. The Morgan fingerprint density at radius 1 is 1.52 bits per heavy atom. The van der Waals surface area contributed by atoms with E-state index in [9.17, 15) is 4.39 Å². The predicted octanol–water partition coefficient (Wildman–Crippen LogP) is 2.48. The molecule has 0 aliphatic carbocycles. The second kappa shape index (κ2) is 8.53. The van der Waals surface area contributed by atoms with E-state index in [4.69, 9.17) is 10.8 Å². The highest BCUT2D eigenvalue weighted by Gasteiger charge is 2.17. The third-order valence-corrected chi connectivity index (χ3v) is 3.69. The van der Waals surface area contributed by atoms with Gasteiger partial charge in [-0.15, -0.1) is 24.0 Å². The van der Waals surface area contributed by atoms with E-state index < -0.39 is 5.82 Å². The fourth-order valence-corrected chi connectivity index (χ4v) is 2.52. The van der Waals surface area contributed by atoms with Crippen LogP contribution in [0.3, 0.4) is 0 Å². The molecular formula is C15H23FIN3O. The molecule has 0 saturated carbocycles. The number of guanidine groups is 1. The number of piperidine rings is 1. The van der Waals surface area contributed by atoms with Gasteiger partial charge in [-0.05, 0) is 36.5 Å². The lowest BCUT2D eigenvalue weighted by Gasteiger charge is -2.31. The molecule has 0 spiro atoms. The monoisotopic (exact) mass is 407 g/mol. The second-order valence-corrected chi connectivity index (χ2v) is 5.45. The van der Waals surface area contributed by atoms with Crippen LogP contribution in [0.2, 0.25) is 0 Å². The van der Waals surface area contributed by atoms with Crippen LogP contribution in [0.1, 0.15) is 30.9 Å². The molecule has 2 rings (SSSR count). The van der Waals surface area contributed by atoms with Gasteiger partial charge in [0.05, 0.1) is 13.2 Å². The highest BCUT2D eigenvalue weighted by atomic mass is 127. The van der Waals surface area contributed by atoms with Crippen LogP contribution in [-0.4, -0.2) is 29.1 Å². The fraction of sp³-hybridized carbons (Fsp3) is 0.533. The predicted molar refractivity (Wildman–Crippen MR) is 93.0 cm³/mol. The number of hydrogen-bond acceptors (Lipinski definition) is 2. The molecule has 0 amide bonds. The minimum absolute atomic E-state index is 0. The van der Waals surface area contributed by atoms with Crippen molar-refractivity contribution < 1.29 is 9.50 Å². The summed E-state index contributed by atoms with van der Waals surface area (Å²) in [6, 6.07) is 4.66. The van der Waals surface area contributed by atoms with Gasteiger partial charge in [0, 0.05) is 18.7 Å². The van der Waals surface area contributed by atoms with Gasteiger partial charge in [0.15, 0.2) is 5.96 Å². The van der Waals surface area contributed by atoms with Crippen molar-refractivity contribution in [2.45, 2.75) is 32.9 Å². The number of halogens is 2. The lowest BCUT2D eigenvalue weighted by Crippen LogP contribution is -2.43. The Morgan fingerprint density at radius 3 is 2.95 bits per heavy atom. The largest absolute Gasteiger partial charge is 0.392 e. The maximum absolute atomic E-state index is 13.3. The first-order valence-electron chi connectivity index (χ1n) is 7.03. The maximum atomic E-state index is 13.3. The van der Waals surface area contributed by atoms with Gasteiger partial charge in [-0.2, -0.15) is 0 Å². The third-order valence-electron chi connectivity index (χ3n) is 3.69. The van der Waals surface area contributed by atoms with Gasteiger partial charge in [0.25, 0.3) is 0 Å². The Bertz CT molecular complexity index is 496. The van der Waals surface area contributed by atoms with E-state index in [1.165, 1.54) is 12.5 Å². The normalized spacial score (nSPS) is 19.3. The van der Waals surface area contributed by atoms with Crippen LogP contribution in [0.4, 0.5) is 4.39 Å². The SMILES string of the molecule is CC1CCCN(C(N)=NCc2ccc(F)c(CO)c2)C1.I. The molecule has 1 aromatic rings. The van der Waals surface area contributed by atoms with Gasteiger partial charge in [0.2, 0.25) is 0 Å². The van der Waals surface area contributed by atoms with Crippen molar-refractivity contribution in [3.63, 3.8) is 0 Å². The third kappa shape index (κ3) is 5.10. The maximum Gasteiger partial charge on any atom is 0.191 e. The Kier molecular flexibility index (Phi) is 7.37. The average molecular weight is 407 g/mol. The molecule has 1 aliphatic rings. The number of nitrogens with zero attached hydrogens (tertiary/aromatic N) is 2. The quantitative estimate of drug-likeness (QED) is 0.460. The lowest BCUT2D eigenvalue weighted by atomic mass is 10.0. The summed E-state index contributed by atoms with van der Waals surface area (Å²) in [7, 11) is 0. The van der Waals surface area contributed by atoms with Gasteiger partial charge < -0.3 is 15.7 Å². The molecule has 0 radical (unpaired) electrons. The molecule has 6 heteroatoms. The van der Waals surface area contributed by atoms with E-state index in [1.807, 2.05) is 0 Å². The Balaban J connectivity index is 0.00000220. The van der Waals surface area contributed by atoms with Gasteiger partial charge in [0.1, 0.15) is 5.82 Å². The summed E-state index contributed by atoms with van der Waals surface area (Å²) in [5.74, 6) is 0.800. The van der Waals surface area contributed by atoms with E-state index in [2.05, 4.69) is 16.8 Å². The van der Waals surface area contributed by atoms with Gasteiger partial charge in [-0.3, -0.25) is 0 Å². The standard InChI is InChI=1S/C15H22FN3O.HI/c1-11-3-2-6-19(9-11)15(17)18-8-12-4-5-14(16)13(7-12)10-20;/h4-5,7,11,20H,2-3,6,8-10H2,1H3,(H2,17,18);1H. The number of benzene rings is 1. The van der Waals surface area contributed by atoms with Crippen molar-refractivity contribution in [1.29, 1.82) is 0 Å². The average Bonchev–Trinajstić information content (AvgIpc) is 2.46. The Morgan fingerprint density at radius 2 is 2.29 bits per heavy atom. The summed E-state index contributed by atoms with van der Waals surface area (Å²) < 4.78 is 13.3. The topological polar surface area (TPSA) is 61.8 Å². The van der Waals surface area contributed by atoms with Crippen LogP contribution in [0.5, 0.6) is 0 Å². The van der Waals surface area contributed by atoms with Crippen molar-refractivity contribution in [1.82, 2.24) is 4.90 Å². The van der Waals surface area contributed by atoms with Crippen molar-refractivity contribution in [3.05, 3.63) is 35.1 Å². The van der Waals surface area contributed by atoms with Crippen molar-refractivity contribution >= 4 is 29.9 Å². The molecule has 21 heavy (non-hydrogen) atoms. The van der Waals surface area contributed by atoms with Crippen molar-refractivity contribution in [2.75, 3.05) is 13.1 Å². The number of aliphatic imine (C=N–C) groups is 1. The molecular weight excluding hydrogens is 384 g/mol. The first-order valence-corrected chi connectivity index (χ1v) is 7.03. The Hall–Kier alpha value is -0.890. The smallest absolute Gasteiger partial charge is 0.191 e. The number of aliphatic hydroxyl groups excluding tert-OH is 1. The molecule has 1 unspecified atom stereocenters. The van der Waals surface area contributed by atoms with Gasteiger partial charge >= 0.3 is 0 Å². The molecule has 1 heterocycles. The first-order chi connectivity index (χ1) is 9.60. The molecule has 118 valence electrons. The number of rotatable bonds is 3. The number of aliphatic hydroxyl groups is 1. The van der Waals surface area contributed by atoms with E-state index in [1.54, 1.807) is 12.1 Å². The van der Waals surface area contributed by atoms with E-state index in [0.29, 0.717) is 24.0 Å². The molecule has 0 aromatic heterocycles. The van der Waals surface area contributed by atoms with Crippen LogP contribution in [0, 0.1) is 11.7 Å². The zero-order valence-corrected chi connectivity index (χ0v) is 14.6. The Labute approximate surface area is 142 Å². The van der Waals surface area contributed by atoms with Crippen LogP contribution >= 0.6 is 24.0 Å². The summed E-state index contributed by atoms with van der Waals surface area (Å²) in [4.78, 5) is 6.48. The molecule has 0 bridgehead atoms. The zero-order valence-electron chi connectivity index (χ0n) is 12.3. The van der Waals surface area contributed by atoms with E-state index >= 15 is 0 Å². The zero-order chi connectivity index (χ0) is 14.5. The van der Waals surface area contributed by atoms with Crippen LogP contribution in [0.25, 0.3) is 0 Å². The minimum Gasteiger partial charge on any atom is -0.392 e. The number of nitrogens with two attached hydrogens (primary N) is 1. The fourth-order valence-electron chi connectivity index (χ4n) is 2.52. The summed E-state index contributed by atoms with van der Waals surface area (Å²) in [6.45, 7) is 4.21. The summed E-state index contributed by atoms with van der Waals surface area (Å²) in [5, 5.41) is 9.04. The molecule has 1 fully saturated rings. The van der Waals surface area contributed by atoms with Crippen LogP contribution in [0.15, 0.2) is 23.2 Å². The number of likely N-dealkylation sites (tertiary alicyclic amines) is 1. The van der Waals surface area contributed by atoms with Crippen molar-refractivity contribution in [3.8, 4) is 0 Å². The molecule has 1 atom stereocenters. The summed E-state index contributed by atoms with van der Waals surface area (Å²) in [5.41, 5.74) is 7.16. The summed E-state index contributed by atoms with van der Waals surface area (Å²) in [6.07, 6.45) is 2.38. The molecule has 1 saturated heterocycles. The van der Waals surface area contributed by atoms with E-state index in [-0.39, 0.29) is 30.6 Å². The number of hydrogen-bond donors (Lipinski definition) is 2. The molecule has 3 N–H and O–H groups in total. The minimum atomic E-state index is -0.391.